The summed E-state index contributed by atoms with van der Waals surface area (Å²) in [5.74, 6) is 6.03. The summed E-state index contributed by atoms with van der Waals surface area (Å²) in [5.41, 5.74) is 1.91. The van der Waals surface area contributed by atoms with Crippen LogP contribution in [0.25, 0.3) is 0 Å². The van der Waals surface area contributed by atoms with E-state index in [4.69, 9.17) is 0 Å². The third-order valence-corrected chi connectivity index (χ3v) is 6.54. The summed E-state index contributed by atoms with van der Waals surface area (Å²) in [6, 6.07) is 6.20. The predicted molar refractivity (Wildman–Crippen MR) is 126 cm³/mol. The number of carbonyl (C=O) groups is 3. The Hall–Kier alpha value is -2.92. The van der Waals surface area contributed by atoms with Crippen LogP contribution in [0.5, 0.6) is 0 Å². The van der Waals surface area contributed by atoms with Gasteiger partial charge in [0.15, 0.2) is 0 Å². The van der Waals surface area contributed by atoms with Crippen LogP contribution in [0.2, 0.25) is 0 Å². The zero-order valence-corrected chi connectivity index (χ0v) is 19.8. The average Bonchev–Trinajstić information content (AvgIpc) is 3.40. The number of rotatable bonds is 6. The van der Waals surface area contributed by atoms with Gasteiger partial charge in [0.25, 0.3) is 0 Å². The normalized spacial score (nSPS) is 26.2. The van der Waals surface area contributed by atoms with Crippen molar-refractivity contribution in [1.29, 1.82) is 0 Å². The molecule has 3 fully saturated rings. The molecule has 1 saturated carbocycles. The summed E-state index contributed by atoms with van der Waals surface area (Å²) in [6.45, 7) is 4.36. The number of hydrogen-bond donors (Lipinski definition) is 3. The fraction of sp³-hybridized carbons (Fsp3) is 0.577. The van der Waals surface area contributed by atoms with Crippen molar-refractivity contribution in [3.05, 3.63) is 35.4 Å². The minimum absolute atomic E-state index is 0.127. The van der Waals surface area contributed by atoms with E-state index >= 15 is 0 Å². The van der Waals surface area contributed by atoms with Crippen molar-refractivity contribution in [2.45, 2.75) is 70.4 Å². The Labute approximate surface area is 200 Å². The van der Waals surface area contributed by atoms with Gasteiger partial charge in [-0.25, -0.2) is 4.39 Å². The molecule has 1 aliphatic carbocycles. The van der Waals surface area contributed by atoms with Crippen LogP contribution in [0.3, 0.4) is 0 Å². The number of carbonyl (C=O) groups excluding carboxylic acids is 3. The molecule has 4 atom stereocenters. The summed E-state index contributed by atoms with van der Waals surface area (Å²) in [5, 5.41) is 8.70. The molecular formula is C26H33FN4O3. The quantitative estimate of drug-likeness (QED) is 0.552. The van der Waals surface area contributed by atoms with Gasteiger partial charge in [0, 0.05) is 49.5 Å². The topological polar surface area (TPSA) is 90.5 Å². The summed E-state index contributed by atoms with van der Waals surface area (Å²) in [6.07, 6.45) is 1.82. The van der Waals surface area contributed by atoms with E-state index in [1.807, 2.05) is 24.3 Å². The SMILES string of the molecule is CC(C)C(=O)N1C[C@H](NC(=O)[C@@H]2C[C@H](F)CN2)C[C@@H]1C(=O)NCc1ccc(C#CC2CC2)cc1. The molecule has 1 aromatic rings. The number of likely N-dealkylation sites (tertiary alicyclic amines) is 1. The second kappa shape index (κ2) is 10.6. The molecule has 0 radical (unpaired) electrons. The van der Waals surface area contributed by atoms with Gasteiger partial charge in [0.05, 0.1) is 6.04 Å². The van der Waals surface area contributed by atoms with Crippen LogP contribution in [0.1, 0.15) is 50.7 Å². The molecule has 8 heteroatoms. The van der Waals surface area contributed by atoms with Crippen molar-refractivity contribution in [2.24, 2.45) is 11.8 Å². The summed E-state index contributed by atoms with van der Waals surface area (Å²) >= 11 is 0. The molecule has 2 saturated heterocycles. The van der Waals surface area contributed by atoms with E-state index in [-0.39, 0.29) is 49.2 Å². The first-order chi connectivity index (χ1) is 16.3. The van der Waals surface area contributed by atoms with Gasteiger partial charge in [-0.3, -0.25) is 14.4 Å². The molecule has 34 heavy (non-hydrogen) atoms. The highest BCUT2D eigenvalue weighted by Gasteiger charge is 2.41. The Morgan fingerprint density at radius 1 is 1.15 bits per heavy atom. The zero-order chi connectivity index (χ0) is 24.2. The summed E-state index contributed by atoms with van der Waals surface area (Å²) < 4.78 is 13.4. The van der Waals surface area contributed by atoms with Gasteiger partial charge in [0.2, 0.25) is 17.7 Å². The van der Waals surface area contributed by atoms with Crippen molar-refractivity contribution in [3.63, 3.8) is 0 Å². The second-order valence-corrected chi connectivity index (χ2v) is 9.85. The van der Waals surface area contributed by atoms with E-state index in [1.165, 1.54) is 12.8 Å². The molecule has 3 aliphatic rings. The van der Waals surface area contributed by atoms with Gasteiger partial charge in [-0.15, -0.1) is 0 Å². The molecule has 1 aromatic carbocycles. The Bertz CT molecular complexity index is 980. The highest BCUT2D eigenvalue weighted by Crippen LogP contribution is 2.27. The number of halogens is 1. The third-order valence-electron chi connectivity index (χ3n) is 6.54. The van der Waals surface area contributed by atoms with E-state index in [9.17, 15) is 18.8 Å². The van der Waals surface area contributed by atoms with E-state index in [0.29, 0.717) is 18.9 Å². The fourth-order valence-electron chi connectivity index (χ4n) is 4.38. The van der Waals surface area contributed by atoms with Crippen LogP contribution in [-0.4, -0.2) is 60.0 Å². The van der Waals surface area contributed by atoms with Crippen LogP contribution in [-0.2, 0) is 20.9 Å². The maximum atomic E-state index is 13.4. The fourth-order valence-corrected chi connectivity index (χ4v) is 4.38. The van der Waals surface area contributed by atoms with E-state index in [1.54, 1.807) is 18.7 Å². The number of nitrogens with zero attached hydrogens (tertiary/aromatic N) is 1. The number of hydrogen-bond acceptors (Lipinski definition) is 4. The molecule has 3 amide bonds. The lowest BCUT2D eigenvalue weighted by molar-refractivity contribution is -0.140. The first-order valence-electron chi connectivity index (χ1n) is 12.2. The van der Waals surface area contributed by atoms with Crippen LogP contribution in [0.15, 0.2) is 24.3 Å². The number of alkyl halides is 1. The van der Waals surface area contributed by atoms with E-state index in [0.717, 1.165) is 11.1 Å². The predicted octanol–water partition coefficient (Wildman–Crippen LogP) is 1.51. The van der Waals surface area contributed by atoms with Crippen LogP contribution in [0, 0.1) is 23.7 Å². The Morgan fingerprint density at radius 2 is 1.88 bits per heavy atom. The first kappa shape index (κ1) is 24.2. The largest absolute Gasteiger partial charge is 0.350 e. The lowest BCUT2D eigenvalue weighted by Gasteiger charge is -2.25. The molecule has 3 N–H and O–H groups in total. The van der Waals surface area contributed by atoms with Crippen molar-refractivity contribution in [1.82, 2.24) is 20.9 Å². The van der Waals surface area contributed by atoms with Crippen LogP contribution >= 0.6 is 0 Å². The standard InChI is InChI=1S/C26H33FN4O3/c1-16(2)26(34)31-15-21(30-24(32)22-11-20(27)14-28-22)12-23(31)25(33)29-13-19-9-7-18(8-10-19)6-5-17-3-4-17/h7-10,16-17,20-23,28H,3-4,11-15H2,1-2H3,(H,29,33)(H,30,32)/t20-,21+,22-,23+/m0/s1. The van der Waals surface area contributed by atoms with Gasteiger partial charge >= 0.3 is 0 Å². The highest BCUT2D eigenvalue weighted by atomic mass is 19.1. The summed E-state index contributed by atoms with van der Waals surface area (Å²) in [4.78, 5) is 39.9. The maximum Gasteiger partial charge on any atom is 0.243 e. The van der Waals surface area contributed by atoms with Gasteiger partial charge in [-0.1, -0.05) is 37.8 Å². The minimum Gasteiger partial charge on any atom is -0.350 e. The molecule has 182 valence electrons. The summed E-state index contributed by atoms with van der Waals surface area (Å²) in [7, 11) is 0. The lowest BCUT2D eigenvalue weighted by atomic mass is 10.1. The molecule has 0 bridgehead atoms. The van der Waals surface area contributed by atoms with Gasteiger partial charge in [0.1, 0.15) is 12.2 Å². The van der Waals surface area contributed by atoms with Crippen molar-refractivity contribution >= 4 is 17.7 Å². The van der Waals surface area contributed by atoms with Gasteiger partial charge < -0.3 is 20.9 Å². The van der Waals surface area contributed by atoms with Crippen LogP contribution in [0.4, 0.5) is 4.39 Å². The lowest BCUT2D eigenvalue weighted by Crippen LogP contribution is -2.47. The molecule has 4 rings (SSSR count). The van der Waals surface area contributed by atoms with E-state index in [2.05, 4.69) is 27.8 Å². The Morgan fingerprint density at radius 3 is 2.50 bits per heavy atom. The molecule has 7 nitrogen and oxygen atoms in total. The monoisotopic (exact) mass is 468 g/mol. The number of nitrogens with one attached hydrogen (secondary N) is 3. The van der Waals surface area contributed by atoms with Crippen molar-refractivity contribution < 1.29 is 18.8 Å². The minimum atomic E-state index is -1.03. The molecule has 0 spiro atoms. The Kier molecular flexibility index (Phi) is 7.52. The Balaban J connectivity index is 1.34. The van der Waals surface area contributed by atoms with Gasteiger partial charge in [-0.05, 0) is 37.0 Å². The van der Waals surface area contributed by atoms with Crippen molar-refractivity contribution in [2.75, 3.05) is 13.1 Å². The maximum absolute atomic E-state index is 13.4. The number of benzene rings is 1. The molecule has 0 aromatic heterocycles. The van der Waals surface area contributed by atoms with Crippen LogP contribution < -0.4 is 16.0 Å². The highest BCUT2D eigenvalue weighted by molar-refractivity contribution is 5.89. The first-order valence-corrected chi connectivity index (χ1v) is 12.2. The zero-order valence-electron chi connectivity index (χ0n) is 19.8. The molecule has 0 unspecified atom stereocenters. The second-order valence-electron chi connectivity index (χ2n) is 9.85. The smallest absolute Gasteiger partial charge is 0.243 e. The molecule has 2 heterocycles. The van der Waals surface area contributed by atoms with Gasteiger partial charge in [-0.2, -0.15) is 0 Å². The number of amides is 3. The third kappa shape index (κ3) is 6.15. The molecular weight excluding hydrogens is 435 g/mol. The molecule has 2 aliphatic heterocycles. The van der Waals surface area contributed by atoms with Crippen molar-refractivity contribution in [3.8, 4) is 11.8 Å². The average molecular weight is 469 g/mol. The van der Waals surface area contributed by atoms with E-state index < -0.39 is 18.3 Å².